The first-order valence-corrected chi connectivity index (χ1v) is 9.42. The molecule has 0 spiro atoms. The maximum atomic E-state index is 13.8. The summed E-state index contributed by atoms with van der Waals surface area (Å²) in [5.74, 6) is -0.617. The lowest BCUT2D eigenvalue weighted by molar-refractivity contribution is -0.142. The maximum absolute atomic E-state index is 13.8. The molecule has 7 heteroatoms. The van der Waals surface area contributed by atoms with Crippen LogP contribution in [0.25, 0.3) is 0 Å². The van der Waals surface area contributed by atoms with Crippen LogP contribution >= 0.6 is 0 Å². The van der Waals surface area contributed by atoms with E-state index in [9.17, 15) is 14.0 Å². The van der Waals surface area contributed by atoms with Gasteiger partial charge in [-0.3, -0.25) is 9.59 Å². The number of para-hydroxylation sites is 1. The lowest BCUT2D eigenvalue weighted by atomic mass is 10.1. The molecule has 0 fully saturated rings. The number of amides is 2. The van der Waals surface area contributed by atoms with E-state index >= 15 is 0 Å². The van der Waals surface area contributed by atoms with E-state index in [1.54, 1.807) is 32.2 Å². The number of nitrogens with zero attached hydrogens (tertiary/aromatic N) is 1. The van der Waals surface area contributed by atoms with Gasteiger partial charge in [-0.15, -0.1) is 0 Å². The van der Waals surface area contributed by atoms with Gasteiger partial charge in [0.15, 0.2) is 18.2 Å². The van der Waals surface area contributed by atoms with Crippen molar-refractivity contribution in [3.63, 3.8) is 0 Å². The van der Waals surface area contributed by atoms with Crippen LogP contribution in [0.5, 0.6) is 11.5 Å². The monoisotopic (exact) mass is 402 g/mol. The maximum Gasteiger partial charge on any atom is 0.261 e. The standard InChI is InChI=1S/C22H27FN2O4/c1-15(2)24-22(27)16(3)25(13-17-8-7-9-18(12-17)28-4)21(26)14-29-20-11-6-5-10-19(20)23/h5-12,15-16H,13-14H2,1-4H3,(H,24,27)/t16-/m1/s1. The molecule has 0 unspecified atom stereocenters. The third-order valence-corrected chi connectivity index (χ3v) is 4.27. The van der Waals surface area contributed by atoms with Gasteiger partial charge in [0.25, 0.3) is 5.91 Å². The zero-order valence-electron chi connectivity index (χ0n) is 17.1. The molecule has 2 aromatic rings. The summed E-state index contributed by atoms with van der Waals surface area (Å²) in [6.45, 7) is 5.15. The number of methoxy groups -OCH3 is 1. The molecule has 1 N–H and O–H groups in total. The van der Waals surface area contributed by atoms with E-state index in [4.69, 9.17) is 9.47 Å². The van der Waals surface area contributed by atoms with Crippen molar-refractivity contribution in [2.45, 2.75) is 39.4 Å². The SMILES string of the molecule is COc1cccc(CN(C(=O)COc2ccccc2F)[C@H](C)C(=O)NC(C)C)c1. The van der Waals surface area contributed by atoms with Crippen molar-refractivity contribution in [3.05, 3.63) is 59.9 Å². The van der Waals surface area contributed by atoms with Crippen LogP contribution in [0.15, 0.2) is 48.5 Å². The van der Waals surface area contributed by atoms with Gasteiger partial charge in [0, 0.05) is 12.6 Å². The molecule has 0 heterocycles. The van der Waals surface area contributed by atoms with Crippen molar-refractivity contribution in [1.82, 2.24) is 10.2 Å². The first kappa shape index (κ1) is 22.2. The Hall–Kier alpha value is -3.09. The van der Waals surface area contributed by atoms with E-state index in [0.29, 0.717) is 5.75 Å². The molecule has 2 aromatic carbocycles. The van der Waals surface area contributed by atoms with Crippen LogP contribution in [0.2, 0.25) is 0 Å². The largest absolute Gasteiger partial charge is 0.497 e. The number of carbonyl (C=O) groups is 2. The molecule has 156 valence electrons. The first-order valence-electron chi connectivity index (χ1n) is 9.42. The van der Waals surface area contributed by atoms with Gasteiger partial charge in [-0.25, -0.2) is 4.39 Å². The number of rotatable bonds is 9. The topological polar surface area (TPSA) is 67.9 Å². The Morgan fingerprint density at radius 3 is 2.48 bits per heavy atom. The van der Waals surface area contributed by atoms with E-state index in [2.05, 4.69) is 5.32 Å². The van der Waals surface area contributed by atoms with Gasteiger partial charge in [0.2, 0.25) is 5.91 Å². The van der Waals surface area contributed by atoms with Crippen LogP contribution in [0.4, 0.5) is 4.39 Å². The van der Waals surface area contributed by atoms with E-state index in [1.807, 2.05) is 26.0 Å². The molecular formula is C22H27FN2O4. The van der Waals surface area contributed by atoms with Gasteiger partial charge < -0.3 is 19.7 Å². The molecule has 0 aromatic heterocycles. The fourth-order valence-electron chi connectivity index (χ4n) is 2.74. The molecule has 0 aliphatic heterocycles. The average molecular weight is 402 g/mol. The lowest BCUT2D eigenvalue weighted by Gasteiger charge is -2.29. The van der Waals surface area contributed by atoms with E-state index in [1.165, 1.54) is 23.1 Å². The molecule has 2 rings (SSSR count). The van der Waals surface area contributed by atoms with Crippen molar-refractivity contribution in [3.8, 4) is 11.5 Å². The highest BCUT2D eigenvalue weighted by atomic mass is 19.1. The number of hydrogen-bond donors (Lipinski definition) is 1. The van der Waals surface area contributed by atoms with Gasteiger partial charge in [-0.1, -0.05) is 24.3 Å². The Morgan fingerprint density at radius 1 is 1.10 bits per heavy atom. The Morgan fingerprint density at radius 2 is 1.83 bits per heavy atom. The minimum Gasteiger partial charge on any atom is -0.497 e. The van der Waals surface area contributed by atoms with Gasteiger partial charge in [0.1, 0.15) is 11.8 Å². The predicted octanol–water partition coefficient (Wildman–Crippen LogP) is 3.16. The quantitative estimate of drug-likeness (QED) is 0.700. The van der Waals surface area contributed by atoms with Crippen molar-refractivity contribution in [2.24, 2.45) is 0 Å². The Balaban J connectivity index is 2.19. The van der Waals surface area contributed by atoms with E-state index < -0.39 is 17.8 Å². The zero-order chi connectivity index (χ0) is 21.4. The van der Waals surface area contributed by atoms with Gasteiger partial charge in [-0.05, 0) is 50.6 Å². The highest BCUT2D eigenvalue weighted by molar-refractivity contribution is 5.88. The summed E-state index contributed by atoms with van der Waals surface area (Å²) in [5, 5.41) is 2.81. The molecule has 0 aliphatic carbocycles. The summed E-state index contributed by atoms with van der Waals surface area (Å²) >= 11 is 0. The number of ether oxygens (including phenoxy) is 2. The second-order valence-corrected chi connectivity index (χ2v) is 6.93. The normalized spacial score (nSPS) is 11.7. The molecule has 2 amide bonds. The predicted molar refractivity (Wildman–Crippen MR) is 108 cm³/mol. The van der Waals surface area contributed by atoms with Crippen molar-refractivity contribution < 1.29 is 23.5 Å². The minimum atomic E-state index is -0.736. The smallest absolute Gasteiger partial charge is 0.261 e. The van der Waals surface area contributed by atoms with Gasteiger partial charge >= 0.3 is 0 Å². The molecule has 0 radical (unpaired) electrons. The van der Waals surface area contributed by atoms with Crippen molar-refractivity contribution in [1.29, 1.82) is 0 Å². The van der Waals surface area contributed by atoms with E-state index in [-0.39, 0.29) is 30.9 Å². The molecule has 0 aliphatic rings. The average Bonchev–Trinajstić information content (AvgIpc) is 2.70. The lowest BCUT2D eigenvalue weighted by Crippen LogP contribution is -2.50. The van der Waals surface area contributed by atoms with Gasteiger partial charge in [0.05, 0.1) is 7.11 Å². The van der Waals surface area contributed by atoms with Crippen LogP contribution in [0.3, 0.4) is 0 Å². The van der Waals surface area contributed by atoms with Crippen LogP contribution < -0.4 is 14.8 Å². The summed E-state index contributed by atoms with van der Waals surface area (Å²) in [6.07, 6.45) is 0. The summed E-state index contributed by atoms with van der Waals surface area (Å²) in [6, 6.07) is 12.3. The fraction of sp³-hybridized carbons (Fsp3) is 0.364. The molecule has 0 saturated heterocycles. The second kappa shape index (κ2) is 10.5. The summed E-state index contributed by atoms with van der Waals surface area (Å²) in [4.78, 5) is 26.8. The second-order valence-electron chi connectivity index (χ2n) is 6.93. The summed E-state index contributed by atoms with van der Waals surface area (Å²) in [7, 11) is 1.56. The Bertz CT molecular complexity index is 841. The van der Waals surface area contributed by atoms with E-state index in [0.717, 1.165) is 5.56 Å². The number of carbonyl (C=O) groups excluding carboxylic acids is 2. The molecular weight excluding hydrogens is 375 g/mol. The van der Waals surface area contributed by atoms with Crippen LogP contribution in [0.1, 0.15) is 26.3 Å². The van der Waals surface area contributed by atoms with Crippen molar-refractivity contribution >= 4 is 11.8 Å². The number of benzene rings is 2. The molecule has 0 saturated carbocycles. The van der Waals surface area contributed by atoms with Gasteiger partial charge in [-0.2, -0.15) is 0 Å². The third-order valence-electron chi connectivity index (χ3n) is 4.27. The number of nitrogens with one attached hydrogen (secondary N) is 1. The van der Waals surface area contributed by atoms with Crippen LogP contribution in [-0.2, 0) is 16.1 Å². The molecule has 6 nitrogen and oxygen atoms in total. The Kier molecular flexibility index (Phi) is 8.00. The highest BCUT2D eigenvalue weighted by Crippen LogP contribution is 2.18. The van der Waals surface area contributed by atoms with Crippen LogP contribution in [0, 0.1) is 5.82 Å². The zero-order valence-corrected chi connectivity index (χ0v) is 17.1. The van der Waals surface area contributed by atoms with Crippen LogP contribution in [-0.4, -0.2) is 42.5 Å². The minimum absolute atomic E-state index is 0.0125. The number of halogens is 1. The fourth-order valence-corrected chi connectivity index (χ4v) is 2.74. The first-order chi connectivity index (χ1) is 13.8. The van der Waals surface area contributed by atoms with Crippen molar-refractivity contribution in [2.75, 3.05) is 13.7 Å². The molecule has 29 heavy (non-hydrogen) atoms. The Labute approximate surface area is 170 Å². The highest BCUT2D eigenvalue weighted by Gasteiger charge is 2.27. The third kappa shape index (κ3) is 6.48. The molecule has 1 atom stereocenters. The number of hydrogen-bond acceptors (Lipinski definition) is 4. The molecule has 0 bridgehead atoms. The summed E-state index contributed by atoms with van der Waals surface area (Å²) < 4.78 is 24.4. The summed E-state index contributed by atoms with van der Waals surface area (Å²) in [5.41, 5.74) is 0.799.